The first-order chi connectivity index (χ1) is 16.4. The molecule has 178 valence electrons. The Bertz CT molecular complexity index is 1190. The molecule has 3 N–H and O–H groups in total. The van der Waals surface area contributed by atoms with Gasteiger partial charge in [-0.25, -0.2) is 9.97 Å². The zero-order chi connectivity index (χ0) is 24.2. The van der Waals surface area contributed by atoms with E-state index in [1.807, 2.05) is 43.3 Å². The lowest BCUT2D eigenvalue weighted by molar-refractivity contribution is -0.115. The predicted molar refractivity (Wildman–Crippen MR) is 135 cm³/mol. The van der Waals surface area contributed by atoms with E-state index in [0.29, 0.717) is 30.5 Å². The first kappa shape index (κ1) is 23.5. The standard InChI is InChI=1S/C23H27N7O3S/c1-15-18(25-17-7-5-6-8-19(17)30(3)34(4)32)12-22(27-23(15)28-29(2)14-31)26-21-11-16-9-10-33-20(16)13-24-21/h5-8,11-14H,9-10H2,1-4H3,(H3,24,25,26,27,28). The number of ether oxygens (including phenoxy) is 1. The number of fused-ring (bicyclic) bond motifs is 1. The number of benzene rings is 1. The molecule has 1 unspecified atom stereocenters. The summed E-state index contributed by atoms with van der Waals surface area (Å²) in [6.07, 6.45) is 4.83. The average molecular weight is 482 g/mol. The first-order valence-corrected chi connectivity index (χ1v) is 12.2. The Labute approximate surface area is 201 Å². The smallest absolute Gasteiger partial charge is 0.227 e. The second kappa shape index (κ2) is 10.1. The summed E-state index contributed by atoms with van der Waals surface area (Å²) >= 11 is -1.19. The van der Waals surface area contributed by atoms with Crippen LogP contribution in [0.1, 0.15) is 11.1 Å². The number of carbonyl (C=O) groups is 1. The van der Waals surface area contributed by atoms with Crippen LogP contribution in [0.15, 0.2) is 42.6 Å². The van der Waals surface area contributed by atoms with Gasteiger partial charge in [0, 0.05) is 36.3 Å². The number of para-hydroxylation sites is 2. The highest BCUT2D eigenvalue weighted by molar-refractivity contribution is 7.92. The Hall–Kier alpha value is -3.70. The SMILES string of the molecule is Cc1c(Nc2ccccc2N(C)[S+](C)[O-])cc(Nc2cc3c(cn2)OCC3)nc1NN(C)C=O. The molecule has 3 aromatic rings. The zero-order valence-electron chi connectivity index (χ0n) is 19.5. The van der Waals surface area contributed by atoms with Crippen LogP contribution in [-0.2, 0) is 22.6 Å². The molecule has 11 heteroatoms. The summed E-state index contributed by atoms with van der Waals surface area (Å²) in [4.78, 5) is 20.3. The minimum Gasteiger partial charge on any atom is -0.593 e. The Morgan fingerprint density at radius 2 is 1.94 bits per heavy atom. The molecule has 1 aliphatic heterocycles. The maximum absolute atomic E-state index is 12.1. The number of hydrogen-bond acceptors (Lipinski definition) is 9. The molecule has 1 aromatic carbocycles. The van der Waals surface area contributed by atoms with Crippen molar-refractivity contribution >= 4 is 52.3 Å². The minimum absolute atomic E-state index is 0.497. The highest BCUT2D eigenvalue weighted by Gasteiger charge is 2.18. The third kappa shape index (κ3) is 5.10. The molecule has 0 saturated carbocycles. The van der Waals surface area contributed by atoms with E-state index in [-0.39, 0.29) is 0 Å². The zero-order valence-corrected chi connectivity index (χ0v) is 20.3. The molecule has 2 aromatic heterocycles. The molecule has 0 aliphatic carbocycles. The molecule has 1 amide bonds. The van der Waals surface area contributed by atoms with Crippen molar-refractivity contribution in [1.82, 2.24) is 15.0 Å². The van der Waals surface area contributed by atoms with E-state index in [4.69, 9.17) is 4.74 Å². The second-order valence-electron chi connectivity index (χ2n) is 7.82. The Morgan fingerprint density at radius 1 is 1.15 bits per heavy atom. The highest BCUT2D eigenvalue weighted by Crippen LogP contribution is 2.34. The van der Waals surface area contributed by atoms with Gasteiger partial charge in [0.15, 0.2) is 5.82 Å². The lowest BCUT2D eigenvalue weighted by atomic mass is 10.2. The van der Waals surface area contributed by atoms with Gasteiger partial charge in [0.2, 0.25) is 6.41 Å². The van der Waals surface area contributed by atoms with Gasteiger partial charge in [-0.1, -0.05) is 12.1 Å². The maximum Gasteiger partial charge on any atom is 0.227 e. The molecule has 34 heavy (non-hydrogen) atoms. The molecule has 0 spiro atoms. The topological polar surface area (TPSA) is 118 Å². The number of rotatable bonds is 9. The van der Waals surface area contributed by atoms with Gasteiger partial charge in [-0.15, -0.1) is 0 Å². The van der Waals surface area contributed by atoms with Crippen molar-refractivity contribution in [2.75, 3.05) is 47.3 Å². The van der Waals surface area contributed by atoms with Gasteiger partial charge in [0.25, 0.3) is 0 Å². The normalized spacial score (nSPS) is 12.9. The van der Waals surface area contributed by atoms with Crippen LogP contribution in [0.2, 0.25) is 0 Å². The largest absolute Gasteiger partial charge is 0.593 e. The molecule has 3 heterocycles. The van der Waals surface area contributed by atoms with E-state index in [9.17, 15) is 9.35 Å². The van der Waals surface area contributed by atoms with Gasteiger partial charge in [0.1, 0.15) is 29.3 Å². The quantitative estimate of drug-likeness (QED) is 0.240. The van der Waals surface area contributed by atoms with Crippen LogP contribution < -0.4 is 25.1 Å². The number of amides is 1. The van der Waals surface area contributed by atoms with Crippen LogP contribution in [-0.4, -0.2) is 52.9 Å². The second-order valence-corrected chi connectivity index (χ2v) is 9.22. The van der Waals surface area contributed by atoms with E-state index in [1.54, 1.807) is 30.9 Å². The van der Waals surface area contributed by atoms with Crippen molar-refractivity contribution < 1.29 is 14.1 Å². The van der Waals surface area contributed by atoms with Gasteiger partial charge < -0.3 is 19.9 Å². The molecule has 0 fully saturated rings. The summed E-state index contributed by atoms with van der Waals surface area (Å²) in [7, 11) is 3.38. The van der Waals surface area contributed by atoms with Crippen LogP contribution in [0, 0.1) is 6.92 Å². The number of nitrogens with one attached hydrogen (secondary N) is 3. The van der Waals surface area contributed by atoms with Crippen molar-refractivity contribution in [3.8, 4) is 5.75 Å². The number of carbonyl (C=O) groups excluding carboxylic acids is 1. The van der Waals surface area contributed by atoms with Crippen LogP contribution >= 0.6 is 0 Å². The molecular formula is C23H27N7O3S. The number of hydrogen-bond donors (Lipinski definition) is 3. The van der Waals surface area contributed by atoms with Crippen molar-refractivity contribution in [2.45, 2.75) is 13.3 Å². The van der Waals surface area contributed by atoms with Crippen molar-refractivity contribution in [1.29, 1.82) is 0 Å². The van der Waals surface area contributed by atoms with E-state index in [2.05, 4.69) is 26.0 Å². The van der Waals surface area contributed by atoms with Crippen molar-refractivity contribution in [3.05, 3.63) is 53.7 Å². The van der Waals surface area contributed by atoms with Crippen LogP contribution in [0.3, 0.4) is 0 Å². The van der Waals surface area contributed by atoms with Gasteiger partial charge in [-0.05, 0) is 25.1 Å². The third-order valence-electron chi connectivity index (χ3n) is 5.44. The van der Waals surface area contributed by atoms with E-state index >= 15 is 0 Å². The molecule has 0 saturated heterocycles. The Kier molecular flexibility index (Phi) is 6.94. The molecule has 1 atom stereocenters. The fraction of sp³-hybridized carbons (Fsp3) is 0.261. The molecule has 1 aliphatic rings. The summed E-state index contributed by atoms with van der Waals surface area (Å²) in [5.74, 6) is 2.47. The fourth-order valence-corrected chi connectivity index (χ4v) is 3.96. The summed E-state index contributed by atoms with van der Waals surface area (Å²) in [5.41, 5.74) is 7.19. The van der Waals surface area contributed by atoms with Gasteiger partial charge >= 0.3 is 0 Å². The van der Waals surface area contributed by atoms with Crippen molar-refractivity contribution in [3.63, 3.8) is 0 Å². The lowest BCUT2D eigenvalue weighted by Gasteiger charge is -2.23. The van der Waals surface area contributed by atoms with Gasteiger partial charge in [-0.3, -0.25) is 15.2 Å². The predicted octanol–water partition coefficient (Wildman–Crippen LogP) is 3.35. The van der Waals surface area contributed by atoms with Gasteiger partial charge in [0.05, 0.1) is 36.9 Å². The number of hydrazine groups is 1. The van der Waals surface area contributed by atoms with Crippen LogP contribution in [0.4, 0.5) is 34.5 Å². The summed E-state index contributed by atoms with van der Waals surface area (Å²) in [6.45, 7) is 2.55. The van der Waals surface area contributed by atoms with E-state index < -0.39 is 11.4 Å². The number of nitrogens with zero attached hydrogens (tertiary/aromatic N) is 4. The molecule has 0 bridgehead atoms. The van der Waals surface area contributed by atoms with Crippen molar-refractivity contribution in [2.24, 2.45) is 0 Å². The lowest BCUT2D eigenvalue weighted by Crippen LogP contribution is -2.26. The maximum atomic E-state index is 12.1. The monoisotopic (exact) mass is 481 g/mol. The number of aromatic nitrogens is 2. The van der Waals surface area contributed by atoms with Crippen LogP contribution in [0.25, 0.3) is 0 Å². The molecular weight excluding hydrogens is 454 g/mol. The average Bonchev–Trinajstić information content (AvgIpc) is 3.29. The third-order valence-corrected chi connectivity index (χ3v) is 6.41. The fourth-order valence-electron chi connectivity index (χ4n) is 3.52. The highest BCUT2D eigenvalue weighted by atomic mass is 32.2. The first-order valence-electron chi connectivity index (χ1n) is 10.6. The number of anilines is 6. The molecule has 0 radical (unpaired) electrons. The van der Waals surface area contributed by atoms with E-state index in [0.717, 1.165) is 40.4 Å². The Balaban J connectivity index is 1.70. The minimum atomic E-state index is -1.19. The Morgan fingerprint density at radius 3 is 2.71 bits per heavy atom. The number of pyridine rings is 2. The molecule has 4 rings (SSSR count). The van der Waals surface area contributed by atoms with E-state index in [1.165, 1.54) is 5.01 Å². The summed E-state index contributed by atoms with van der Waals surface area (Å²) in [5, 5.41) is 7.97. The summed E-state index contributed by atoms with van der Waals surface area (Å²) in [6, 6.07) is 11.4. The van der Waals surface area contributed by atoms with Gasteiger partial charge in [-0.2, -0.15) is 4.31 Å². The summed E-state index contributed by atoms with van der Waals surface area (Å²) < 4.78 is 19.3. The van der Waals surface area contributed by atoms with Crippen LogP contribution in [0.5, 0.6) is 5.75 Å². The molecule has 10 nitrogen and oxygen atoms in total.